The third kappa shape index (κ3) is 4.80. The summed E-state index contributed by atoms with van der Waals surface area (Å²) < 4.78 is 18.1. The van der Waals surface area contributed by atoms with Gasteiger partial charge in [0.15, 0.2) is 11.5 Å². The summed E-state index contributed by atoms with van der Waals surface area (Å²) >= 11 is 0. The summed E-state index contributed by atoms with van der Waals surface area (Å²) in [7, 11) is 1.67. The molecule has 0 saturated carbocycles. The van der Waals surface area contributed by atoms with Crippen LogP contribution in [0, 0.1) is 5.92 Å². The number of aromatic nitrogens is 2. The number of amides is 1. The number of methoxy groups -OCH3 is 1. The van der Waals surface area contributed by atoms with Gasteiger partial charge in [-0.3, -0.25) is 9.69 Å². The standard InChI is InChI=1S/C25H28N4O4/c1-31-21-7-5-20(6-8-21)29-12-10-26-24(29)16-28-11-2-3-18(15-28)14-27-25(30)19-4-9-22-23(13-19)33-17-32-22/h4-10,12-13,18H,2-3,11,14-17H2,1H3,(H,27,30)/t18-/m1/s1. The number of carbonyl (C=O) groups is 1. The second-order valence-electron chi connectivity index (χ2n) is 8.43. The van der Waals surface area contributed by atoms with Crippen LogP contribution < -0.4 is 19.5 Å². The van der Waals surface area contributed by atoms with Gasteiger partial charge in [-0.25, -0.2) is 4.98 Å². The van der Waals surface area contributed by atoms with Gasteiger partial charge in [-0.1, -0.05) is 0 Å². The molecule has 0 unspecified atom stereocenters. The van der Waals surface area contributed by atoms with E-state index in [-0.39, 0.29) is 12.7 Å². The SMILES string of the molecule is COc1ccc(-n2ccnc2CN2CCC[C@H](CNC(=O)c3ccc4c(c3)OCO4)C2)cc1. The first-order chi connectivity index (χ1) is 16.2. The lowest BCUT2D eigenvalue weighted by Crippen LogP contribution is -2.41. The van der Waals surface area contributed by atoms with Gasteiger partial charge in [0.05, 0.1) is 13.7 Å². The van der Waals surface area contributed by atoms with Gasteiger partial charge < -0.3 is 24.1 Å². The number of benzene rings is 2. The fourth-order valence-corrected chi connectivity index (χ4v) is 4.47. The first-order valence-electron chi connectivity index (χ1n) is 11.3. The van der Waals surface area contributed by atoms with Crippen molar-refractivity contribution >= 4 is 5.91 Å². The van der Waals surface area contributed by atoms with E-state index in [0.717, 1.165) is 49.7 Å². The summed E-state index contributed by atoms with van der Waals surface area (Å²) in [6.45, 7) is 3.58. The topological polar surface area (TPSA) is 77.9 Å². The number of nitrogens with one attached hydrogen (secondary N) is 1. The van der Waals surface area contributed by atoms with Gasteiger partial charge in [-0.2, -0.15) is 0 Å². The van der Waals surface area contributed by atoms with Gasteiger partial charge >= 0.3 is 0 Å². The summed E-state index contributed by atoms with van der Waals surface area (Å²) in [6.07, 6.45) is 6.04. The Hall–Kier alpha value is -3.52. The first kappa shape index (κ1) is 21.3. The molecule has 172 valence electrons. The molecule has 8 heteroatoms. The third-order valence-corrected chi connectivity index (χ3v) is 6.22. The normalized spacial score (nSPS) is 17.7. The number of hydrogen-bond donors (Lipinski definition) is 1. The van der Waals surface area contributed by atoms with Crippen molar-refractivity contribution in [1.82, 2.24) is 19.8 Å². The minimum absolute atomic E-state index is 0.0829. The van der Waals surface area contributed by atoms with Crippen molar-refractivity contribution in [2.75, 3.05) is 33.5 Å². The molecule has 0 radical (unpaired) electrons. The monoisotopic (exact) mass is 448 g/mol. The molecule has 3 aromatic rings. The molecule has 33 heavy (non-hydrogen) atoms. The molecule has 5 rings (SSSR count). The highest BCUT2D eigenvalue weighted by atomic mass is 16.7. The average molecular weight is 449 g/mol. The lowest BCUT2D eigenvalue weighted by Gasteiger charge is -2.32. The van der Waals surface area contributed by atoms with E-state index in [1.54, 1.807) is 25.3 Å². The Morgan fingerprint density at radius 2 is 2.03 bits per heavy atom. The number of imidazole rings is 1. The Morgan fingerprint density at radius 3 is 2.88 bits per heavy atom. The second-order valence-corrected chi connectivity index (χ2v) is 8.43. The lowest BCUT2D eigenvalue weighted by atomic mass is 9.98. The van der Waals surface area contributed by atoms with Crippen molar-refractivity contribution < 1.29 is 19.0 Å². The van der Waals surface area contributed by atoms with Crippen molar-refractivity contribution in [1.29, 1.82) is 0 Å². The van der Waals surface area contributed by atoms with E-state index in [1.165, 1.54) is 0 Å². The van der Waals surface area contributed by atoms with Crippen LogP contribution in [0.3, 0.4) is 0 Å². The van der Waals surface area contributed by atoms with Crippen LogP contribution in [-0.4, -0.2) is 53.9 Å². The van der Waals surface area contributed by atoms with E-state index in [0.29, 0.717) is 29.5 Å². The van der Waals surface area contributed by atoms with Crippen molar-refractivity contribution in [3.8, 4) is 22.9 Å². The fraction of sp³-hybridized carbons (Fsp3) is 0.360. The maximum absolute atomic E-state index is 12.6. The number of piperidine rings is 1. The number of carbonyl (C=O) groups excluding carboxylic acids is 1. The zero-order chi connectivity index (χ0) is 22.6. The summed E-state index contributed by atoms with van der Waals surface area (Å²) in [6, 6.07) is 13.3. The Labute approximate surface area is 193 Å². The third-order valence-electron chi connectivity index (χ3n) is 6.22. The van der Waals surface area contributed by atoms with Gasteiger partial charge in [-0.15, -0.1) is 0 Å². The summed E-state index contributed by atoms with van der Waals surface area (Å²) in [5, 5.41) is 3.09. The van der Waals surface area contributed by atoms with Crippen molar-refractivity contribution in [2.45, 2.75) is 19.4 Å². The van der Waals surface area contributed by atoms with E-state index in [4.69, 9.17) is 14.2 Å². The summed E-state index contributed by atoms with van der Waals surface area (Å²) in [5.74, 6) is 3.47. The number of hydrogen-bond acceptors (Lipinski definition) is 6. The molecule has 2 aliphatic heterocycles. The van der Waals surface area contributed by atoms with Crippen molar-refractivity contribution in [3.63, 3.8) is 0 Å². The van der Waals surface area contributed by atoms with E-state index in [9.17, 15) is 4.79 Å². The quantitative estimate of drug-likeness (QED) is 0.598. The van der Waals surface area contributed by atoms with Crippen LogP contribution in [-0.2, 0) is 6.54 Å². The zero-order valence-electron chi connectivity index (χ0n) is 18.7. The molecule has 1 saturated heterocycles. The molecule has 2 aromatic carbocycles. The molecule has 8 nitrogen and oxygen atoms in total. The lowest BCUT2D eigenvalue weighted by molar-refractivity contribution is 0.0929. The molecule has 1 fully saturated rings. The van der Waals surface area contributed by atoms with E-state index in [2.05, 4.69) is 19.8 Å². The van der Waals surface area contributed by atoms with Crippen LogP contribution in [0.1, 0.15) is 29.0 Å². The van der Waals surface area contributed by atoms with Crippen LogP contribution in [0.15, 0.2) is 54.9 Å². The predicted octanol–water partition coefficient (Wildman–Crippen LogP) is 3.25. The average Bonchev–Trinajstić information content (AvgIpc) is 3.52. The van der Waals surface area contributed by atoms with Crippen molar-refractivity contribution in [3.05, 3.63) is 66.2 Å². The molecular weight excluding hydrogens is 420 g/mol. The molecular formula is C25H28N4O4. The molecule has 2 aliphatic rings. The van der Waals surface area contributed by atoms with Crippen LogP contribution in [0.2, 0.25) is 0 Å². The predicted molar refractivity (Wildman–Crippen MR) is 123 cm³/mol. The minimum Gasteiger partial charge on any atom is -0.497 e. The highest BCUT2D eigenvalue weighted by Gasteiger charge is 2.23. The highest BCUT2D eigenvalue weighted by Crippen LogP contribution is 2.32. The largest absolute Gasteiger partial charge is 0.497 e. The zero-order valence-corrected chi connectivity index (χ0v) is 18.7. The van der Waals surface area contributed by atoms with Crippen molar-refractivity contribution in [2.24, 2.45) is 5.92 Å². The van der Waals surface area contributed by atoms with Gasteiger partial charge in [0.2, 0.25) is 6.79 Å². The van der Waals surface area contributed by atoms with Gasteiger partial charge in [0.1, 0.15) is 11.6 Å². The van der Waals surface area contributed by atoms with Crippen LogP contribution >= 0.6 is 0 Å². The fourth-order valence-electron chi connectivity index (χ4n) is 4.47. The van der Waals surface area contributed by atoms with Gasteiger partial charge in [0.25, 0.3) is 5.91 Å². The molecule has 1 aromatic heterocycles. The smallest absolute Gasteiger partial charge is 0.251 e. The molecule has 0 bridgehead atoms. The maximum Gasteiger partial charge on any atom is 0.251 e. The molecule has 1 atom stereocenters. The van der Waals surface area contributed by atoms with Crippen LogP contribution in [0.4, 0.5) is 0 Å². The Balaban J connectivity index is 1.17. The number of ether oxygens (including phenoxy) is 3. The maximum atomic E-state index is 12.6. The Kier molecular flexibility index (Phi) is 6.17. The summed E-state index contributed by atoms with van der Waals surface area (Å²) in [4.78, 5) is 19.6. The van der Waals surface area contributed by atoms with Gasteiger partial charge in [-0.05, 0) is 67.8 Å². The van der Waals surface area contributed by atoms with Crippen LogP contribution in [0.25, 0.3) is 5.69 Å². The van der Waals surface area contributed by atoms with E-state index < -0.39 is 0 Å². The number of fused-ring (bicyclic) bond motifs is 1. The van der Waals surface area contributed by atoms with Gasteiger partial charge in [0, 0.05) is 36.7 Å². The molecule has 3 heterocycles. The summed E-state index contributed by atoms with van der Waals surface area (Å²) in [5.41, 5.74) is 1.65. The molecule has 0 spiro atoms. The Morgan fingerprint density at radius 1 is 1.18 bits per heavy atom. The van der Waals surface area contributed by atoms with Crippen LogP contribution in [0.5, 0.6) is 17.2 Å². The number of likely N-dealkylation sites (tertiary alicyclic amines) is 1. The molecule has 0 aliphatic carbocycles. The molecule has 1 N–H and O–H groups in total. The number of nitrogens with zero attached hydrogens (tertiary/aromatic N) is 3. The number of rotatable bonds is 7. The van der Waals surface area contributed by atoms with E-state index in [1.807, 2.05) is 36.7 Å². The second kappa shape index (κ2) is 9.54. The highest BCUT2D eigenvalue weighted by molar-refractivity contribution is 5.94. The minimum atomic E-state index is -0.0829. The molecule has 1 amide bonds. The first-order valence-corrected chi connectivity index (χ1v) is 11.3. The Bertz CT molecular complexity index is 1110. The van der Waals surface area contributed by atoms with E-state index >= 15 is 0 Å².